The third-order valence-corrected chi connectivity index (χ3v) is 24.7. The van der Waals surface area contributed by atoms with Gasteiger partial charge in [0.05, 0.1) is 67.2 Å². The molecule has 0 atom stereocenters. The fraction of sp³-hybridized carbons (Fsp3) is 0.431. The molecule has 0 radical (unpaired) electrons. The van der Waals surface area contributed by atoms with E-state index in [2.05, 4.69) is 135 Å². The Bertz CT molecular complexity index is 5850. The van der Waals surface area contributed by atoms with Crippen molar-refractivity contribution in [1.82, 2.24) is 15.1 Å². The van der Waals surface area contributed by atoms with Gasteiger partial charge in [-0.25, -0.2) is 4.85 Å². The molecule has 0 saturated carbocycles. The van der Waals surface area contributed by atoms with E-state index in [1.54, 1.807) is 68.4 Å². The quantitative estimate of drug-likeness (QED) is 0.0134. The molecule has 0 unspecified atom stereocenters. The van der Waals surface area contributed by atoms with Gasteiger partial charge in [0.25, 0.3) is 17.7 Å². The first-order chi connectivity index (χ1) is 64.5. The summed E-state index contributed by atoms with van der Waals surface area (Å²) >= 11 is 0. The van der Waals surface area contributed by atoms with Gasteiger partial charge in [0.15, 0.2) is 41.3 Å². The molecule has 7 aromatic carbocycles. The number of esters is 4. The van der Waals surface area contributed by atoms with E-state index in [0.717, 1.165) is 59.4 Å². The first-order valence-corrected chi connectivity index (χ1v) is 46.4. The van der Waals surface area contributed by atoms with Gasteiger partial charge >= 0.3 is 23.9 Å². The second-order valence-electron chi connectivity index (χ2n) is 37.7. The van der Waals surface area contributed by atoms with Gasteiger partial charge in [-0.1, -0.05) is 169 Å². The summed E-state index contributed by atoms with van der Waals surface area (Å²) in [6.45, 7) is 54.5. The second kappa shape index (κ2) is 48.1. The maximum atomic E-state index is 12.7. The third-order valence-electron chi connectivity index (χ3n) is 24.7. The summed E-state index contributed by atoms with van der Waals surface area (Å²) < 4.78 is 42.9. The molecule has 28 nitrogen and oxygen atoms in total. The molecule has 2 N–H and O–H groups in total. The summed E-state index contributed by atoms with van der Waals surface area (Å²) in [5, 5.41) is 5.34. The molecule has 7 heterocycles. The van der Waals surface area contributed by atoms with Crippen molar-refractivity contribution >= 4 is 93.9 Å². The highest BCUT2D eigenvalue weighted by molar-refractivity contribution is 6.19. The Labute approximate surface area is 802 Å². The van der Waals surface area contributed by atoms with Crippen LogP contribution in [0, 0.1) is 27.3 Å². The highest BCUT2D eigenvalue weighted by atomic mass is 16.6. The minimum atomic E-state index is -0.586. The molecular formula is C109H129N5O23. The van der Waals surface area contributed by atoms with Crippen LogP contribution in [0.2, 0.25) is 0 Å². The maximum Gasteiger partial charge on any atom is 0.319 e. The number of carbonyl (C=O) groups is 15. The number of fused-ring (bicyclic) bond motifs is 5. The predicted molar refractivity (Wildman–Crippen MR) is 518 cm³/mol. The number of imide groups is 2. The molecule has 28 heteroatoms. The Hall–Kier alpha value is -13.8. The second-order valence-corrected chi connectivity index (χ2v) is 37.7. The van der Waals surface area contributed by atoms with Crippen LogP contribution in [0.3, 0.4) is 0 Å². The number of anilines is 1. The van der Waals surface area contributed by atoms with Gasteiger partial charge in [0.1, 0.15) is 65.9 Å². The number of ketones is 5. The third kappa shape index (κ3) is 29.3. The minimum absolute atomic E-state index is 0.0112. The number of amides is 6. The first kappa shape index (κ1) is 108. The molecule has 0 fully saturated rings. The van der Waals surface area contributed by atoms with Crippen LogP contribution in [0.5, 0.6) is 40.2 Å². The smallest absolute Gasteiger partial charge is 0.319 e. The van der Waals surface area contributed by atoms with Crippen LogP contribution in [0.15, 0.2) is 150 Å². The zero-order chi connectivity index (χ0) is 101. The molecule has 0 bridgehead atoms. The molecule has 0 spiro atoms. The maximum absolute atomic E-state index is 12.7. The van der Waals surface area contributed by atoms with Crippen LogP contribution in [-0.4, -0.2) is 144 Å². The van der Waals surface area contributed by atoms with E-state index in [1.165, 1.54) is 44.2 Å². The number of Topliss-reactive ketones (excluding diaryl/α,β-unsaturated/α-hetero) is 5. The van der Waals surface area contributed by atoms with Crippen LogP contribution in [0.4, 0.5) is 5.69 Å². The molecule has 0 aromatic heterocycles. The Balaban J connectivity index is 0.000000202. The summed E-state index contributed by atoms with van der Waals surface area (Å²) in [5.41, 5.74) is 13.7. The van der Waals surface area contributed by atoms with E-state index in [0.29, 0.717) is 119 Å². The van der Waals surface area contributed by atoms with Crippen molar-refractivity contribution in [2.45, 2.75) is 269 Å². The molecular weight excluding hydrogens is 1750 g/mol. The van der Waals surface area contributed by atoms with Gasteiger partial charge in [-0.05, 0) is 215 Å². The Morgan fingerprint density at radius 2 is 0.847 bits per heavy atom. The number of aryl methyl sites for hydroxylation is 3. The zero-order valence-electron chi connectivity index (χ0n) is 82.9. The highest BCUT2D eigenvalue weighted by Gasteiger charge is 2.37. The Kier molecular flexibility index (Phi) is 38.1. The molecule has 14 rings (SSSR count). The van der Waals surface area contributed by atoms with Crippen molar-refractivity contribution in [2.24, 2.45) is 0 Å². The highest BCUT2D eigenvalue weighted by Crippen LogP contribution is 2.42. The van der Waals surface area contributed by atoms with Crippen molar-refractivity contribution in [1.29, 1.82) is 0 Å². The number of hydrogen-bond acceptors (Lipinski definition) is 23. The number of nitrogens with zero attached hydrogens (tertiary/aromatic N) is 3. The molecule has 137 heavy (non-hydrogen) atoms. The van der Waals surface area contributed by atoms with E-state index < -0.39 is 29.8 Å². The van der Waals surface area contributed by atoms with E-state index in [1.807, 2.05) is 79.7 Å². The first-order valence-electron chi connectivity index (χ1n) is 46.4. The summed E-state index contributed by atoms with van der Waals surface area (Å²) in [6.07, 6.45) is 4.86. The summed E-state index contributed by atoms with van der Waals surface area (Å²) in [5.74, 6) is -0.409. The SMILES string of the molecule is CC(C)NC(=O)COc1ccc2c(c1)OC(=O)CC2=O.CC(C)c1ccc2c(c1)OC(=O)CC2=O.CCOC1=C(C)CC(=O)N(CCCOc2ccc(C(C)(C)CC)cc2C(C)(C)CC)C1=O.Cc1ccc2c(c1)C(=O)CC(=O)N2.Cc1ccc2c(c1)C(=O)CC(=O)O2.Cc1ccc2c(c1)OC(=O)CC2=O.[C-]#[N+]C1=C(C)CC(=O)N(CCCOc2ccc(C(C)(C)CC)cc2C(C)(C)CC)C1=O. The average Bonchev–Trinajstić information content (AvgIpc) is 0.787. The van der Waals surface area contributed by atoms with Crippen molar-refractivity contribution in [3.05, 3.63) is 234 Å². The van der Waals surface area contributed by atoms with Crippen LogP contribution in [-0.2, 0) is 74.3 Å². The van der Waals surface area contributed by atoms with Gasteiger partial charge in [-0.15, -0.1) is 0 Å². The molecule has 0 saturated heterocycles. The van der Waals surface area contributed by atoms with E-state index in [4.69, 9.17) is 44.5 Å². The average molecular weight is 1880 g/mol. The fourth-order valence-corrected chi connectivity index (χ4v) is 14.9. The summed E-state index contributed by atoms with van der Waals surface area (Å²) in [7, 11) is 0. The van der Waals surface area contributed by atoms with E-state index >= 15 is 0 Å². The van der Waals surface area contributed by atoms with Crippen LogP contribution >= 0.6 is 0 Å². The number of rotatable bonds is 25. The number of benzene rings is 7. The van der Waals surface area contributed by atoms with E-state index in [9.17, 15) is 71.9 Å². The normalized spacial score (nSPS) is 15.1. The molecule has 6 amide bonds. The van der Waals surface area contributed by atoms with Crippen LogP contribution in [0.1, 0.15) is 317 Å². The number of nitrogens with one attached hydrogen (secondary N) is 2. The van der Waals surface area contributed by atoms with Crippen LogP contribution < -0.4 is 43.8 Å². The van der Waals surface area contributed by atoms with E-state index in [-0.39, 0.29) is 156 Å². The van der Waals surface area contributed by atoms with Gasteiger partial charge in [0, 0.05) is 48.3 Å². The van der Waals surface area contributed by atoms with Crippen molar-refractivity contribution in [3.8, 4) is 40.2 Å². The van der Waals surface area contributed by atoms with Gasteiger partial charge in [0.2, 0.25) is 23.4 Å². The lowest BCUT2D eigenvalue weighted by atomic mass is 9.76. The zero-order valence-corrected chi connectivity index (χ0v) is 82.9. The van der Waals surface area contributed by atoms with Gasteiger partial charge < -0.3 is 48.5 Å². The fourth-order valence-electron chi connectivity index (χ4n) is 14.9. The molecule has 7 aliphatic rings. The lowest BCUT2D eigenvalue weighted by Crippen LogP contribution is -2.43. The molecule has 7 aliphatic heterocycles. The molecule has 7 aromatic rings. The van der Waals surface area contributed by atoms with Crippen molar-refractivity contribution in [3.63, 3.8) is 0 Å². The predicted octanol–water partition coefficient (Wildman–Crippen LogP) is 19.6. The van der Waals surface area contributed by atoms with Gasteiger partial charge in [-0.2, -0.15) is 0 Å². The molecule has 728 valence electrons. The summed E-state index contributed by atoms with van der Waals surface area (Å²) in [4.78, 5) is 179. The molecule has 0 aliphatic carbocycles. The number of carbonyl (C=O) groups excluding carboxylic acids is 15. The van der Waals surface area contributed by atoms with Crippen molar-refractivity contribution in [2.75, 3.05) is 44.8 Å². The standard InChI is InChI=1S/C27H41NO4.C26H36N2O3.C14H15NO5.C12H12O3.C10H9NO2.2C10H8O3/c1-9-26(5,6)20-13-14-22(21(18-20)27(7,8)10-2)32-16-12-15-28-23(29)17-19(4)24(25(28)30)31-11-3;1-9-25(4,5)19-12-13-21(20(17-19)26(6,7)10-2)31-15-11-14-28-22(29)16-18(3)23(27-8)24(28)30;1-8(2)15-13(17)7-19-9-3-4-10-11(16)6-14(18)20-12(10)5-9;1-7(2)8-3-4-9-10(13)6-12(14)15-11(9)5-8;1-6-2-3-8-7(4-6)9(12)5-10(13)11-8;1-6-2-3-9-7(4-6)8(11)5-10(12)13-9;1-6-2-3-7-8(11)5-10(12)13-9(7)4-6/h13-14,18H,9-12,15-17H2,1-8H3;12-13,17H,9-11,14-16H2,1-7H3;3-5,8H,6-7H2,1-2H3,(H,15,17);3-5,7H,6H2,1-2H3;2-4H,5H2,1H3,(H,11,13);2*2-4H,5H2,1H3. The van der Waals surface area contributed by atoms with Crippen LogP contribution in [0.25, 0.3) is 4.85 Å². The Morgan fingerprint density at radius 1 is 0.431 bits per heavy atom. The number of ether oxygens (including phenoxy) is 8. The van der Waals surface area contributed by atoms with Crippen molar-refractivity contribution < 1.29 is 110 Å². The largest absolute Gasteiger partial charge is 0.493 e. The lowest BCUT2D eigenvalue weighted by molar-refractivity contribution is -0.146. The Morgan fingerprint density at radius 3 is 1.32 bits per heavy atom. The number of hydrogen-bond donors (Lipinski definition) is 2. The lowest BCUT2D eigenvalue weighted by Gasteiger charge is -2.30. The minimum Gasteiger partial charge on any atom is -0.493 e. The summed E-state index contributed by atoms with van der Waals surface area (Å²) in [6, 6.07) is 38.8. The van der Waals surface area contributed by atoms with Gasteiger partial charge in [-0.3, -0.25) is 81.7 Å². The topological polar surface area (TPSA) is 365 Å². The monoisotopic (exact) mass is 1880 g/mol.